The Morgan fingerprint density at radius 2 is 1.55 bits per heavy atom. The van der Waals surface area contributed by atoms with Gasteiger partial charge in [-0.05, 0) is 78.2 Å². The van der Waals surface area contributed by atoms with Gasteiger partial charge < -0.3 is 14.4 Å². The van der Waals surface area contributed by atoms with Gasteiger partial charge in [0.25, 0.3) is 0 Å². The number of nitrogens with zero attached hydrogens (tertiary/aromatic N) is 5. The predicted octanol–water partition coefficient (Wildman–Crippen LogP) is 6.25. The van der Waals surface area contributed by atoms with E-state index in [-0.39, 0.29) is 0 Å². The summed E-state index contributed by atoms with van der Waals surface area (Å²) in [5.74, 6) is 0.796. The average Bonchev–Trinajstić information content (AvgIpc) is 3.03. The summed E-state index contributed by atoms with van der Waals surface area (Å²) in [6, 6.07) is 4.94. The van der Waals surface area contributed by atoms with Crippen LogP contribution in [0.1, 0.15) is 67.6 Å². The molecule has 0 spiro atoms. The number of aryl methyl sites for hydroxylation is 4. The van der Waals surface area contributed by atoms with Crippen molar-refractivity contribution in [3.8, 4) is 0 Å². The molecule has 0 fully saturated rings. The summed E-state index contributed by atoms with van der Waals surface area (Å²) in [6.07, 6.45) is 4.49. The lowest BCUT2D eigenvalue weighted by molar-refractivity contribution is 0.402. The Kier molecular flexibility index (Phi) is 7.05. The molecule has 0 aliphatic rings. The van der Waals surface area contributed by atoms with Gasteiger partial charge in [-0.3, -0.25) is 0 Å². The molecule has 31 heavy (non-hydrogen) atoms. The van der Waals surface area contributed by atoms with E-state index in [1.54, 1.807) is 0 Å². The van der Waals surface area contributed by atoms with Crippen LogP contribution in [-0.4, -0.2) is 40.1 Å². The highest BCUT2D eigenvalue weighted by Crippen LogP contribution is 2.34. The molecule has 0 saturated heterocycles. The van der Waals surface area contributed by atoms with Gasteiger partial charge >= 0.3 is 0 Å². The van der Waals surface area contributed by atoms with Gasteiger partial charge in [0.2, 0.25) is 5.95 Å². The van der Waals surface area contributed by atoms with E-state index in [2.05, 4.69) is 95.3 Å². The molecule has 0 N–H and O–H groups in total. The molecule has 2 aromatic heterocycles. The smallest absolute Gasteiger partial charge is 0.232 e. The van der Waals surface area contributed by atoms with Crippen LogP contribution in [0.3, 0.4) is 0 Å². The number of fused-ring (bicyclic) bond motifs is 1. The molecular weight excluding hydrogens is 382 g/mol. The third-order valence-electron chi connectivity index (χ3n) is 6.21. The molecule has 0 bridgehead atoms. The monoisotopic (exact) mass is 421 g/mol. The molecule has 5 nitrogen and oxygen atoms in total. The van der Waals surface area contributed by atoms with Crippen molar-refractivity contribution in [2.24, 2.45) is 0 Å². The average molecular weight is 422 g/mol. The van der Waals surface area contributed by atoms with Crippen molar-refractivity contribution < 1.29 is 0 Å². The molecule has 0 atom stereocenters. The summed E-state index contributed by atoms with van der Waals surface area (Å²) in [5, 5.41) is 1.21. The normalized spacial score (nSPS) is 11.8. The Morgan fingerprint density at radius 1 is 0.935 bits per heavy atom. The lowest BCUT2D eigenvalue weighted by Gasteiger charge is -2.26. The number of anilines is 2. The molecule has 0 unspecified atom stereocenters. The van der Waals surface area contributed by atoms with Crippen LogP contribution in [0.5, 0.6) is 0 Å². The Bertz CT molecular complexity index is 1040. The van der Waals surface area contributed by atoms with E-state index >= 15 is 0 Å². The molecule has 0 amide bonds. The molecule has 0 radical (unpaired) electrons. The molecule has 2 heterocycles. The molecule has 0 aliphatic heterocycles. The zero-order chi connectivity index (χ0) is 22.9. The lowest BCUT2D eigenvalue weighted by atomic mass is 10.0. The number of hydrogen-bond donors (Lipinski definition) is 0. The zero-order valence-corrected chi connectivity index (χ0v) is 20.9. The first kappa shape index (κ1) is 23.3. The van der Waals surface area contributed by atoms with Crippen LogP contribution in [0.4, 0.5) is 11.6 Å². The van der Waals surface area contributed by atoms with Gasteiger partial charge in [-0.15, -0.1) is 0 Å². The van der Waals surface area contributed by atoms with Gasteiger partial charge in [0.1, 0.15) is 5.65 Å². The number of hydrogen-bond acceptors (Lipinski definition) is 4. The third-order valence-corrected chi connectivity index (χ3v) is 6.21. The Labute approximate surface area is 188 Å². The minimum atomic E-state index is 0.443. The van der Waals surface area contributed by atoms with Crippen LogP contribution in [-0.2, 0) is 6.54 Å². The molecule has 3 rings (SSSR count). The molecule has 5 heteroatoms. The van der Waals surface area contributed by atoms with Crippen molar-refractivity contribution in [1.82, 2.24) is 19.4 Å². The summed E-state index contributed by atoms with van der Waals surface area (Å²) in [7, 11) is 4.24. The summed E-state index contributed by atoms with van der Waals surface area (Å²) in [5.41, 5.74) is 8.48. The quantitative estimate of drug-likeness (QED) is 0.431. The lowest BCUT2D eigenvalue weighted by Crippen LogP contribution is -2.22. The highest BCUT2D eigenvalue weighted by molar-refractivity contribution is 5.85. The van der Waals surface area contributed by atoms with Crippen molar-refractivity contribution in [2.45, 2.75) is 73.9 Å². The van der Waals surface area contributed by atoms with E-state index in [0.29, 0.717) is 6.04 Å². The van der Waals surface area contributed by atoms with Gasteiger partial charge in [0, 0.05) is 36.4 Å². The van der Waals surface area contributed by atoms with Gasteiger partial charge in [-0.2, -0.15) is 4.98 Å². The van der Waals surface area contributed by atoms with E-state index in [9.17, 15) is 0 Å². The summed E-state index contributed by atoms with van der Waals surface area (Å²) in [6.45, 7) is 17.1. The van der Waals surface area contributed by atoms with E-state index in [1.165, 1.54) is 33.3 Å². The first-order chi connectivity index (χ1) is 14.7. The second kappa shape index (κ2) is 9.39. The predicted molar refractivity (Wildman–Crippen MR) is 133 cm³/mol. The van der Waals surface area contributed by atoms with Crippen LogP contribution in [0.15, 0.2) is 18.3 Å². The second-order valence-electron chi connectivity index (χ2n) is 9.07. The molecule has 0 saturated carbocycles. The number of aromatic nitrogens is 3. The fourth-order valence-electron chi connectivity index (χ4n) is 4.94. The molecule has 0 aliphatic carbocycles. The SMILES string of the molecule is CCC(CC)n1cc(CN(C)C)c2c(C)nc(N(CC)c3c(C)cc(C)cc3C)nc21. The largest absolute Gasteiger partial charge is 0.329 e. The van der Waals surface area contributed by atoms with Crippen molar-refractivity contribution in [3.63, 3.8) is 0 Å². The Morgan fingerprint density at radius 3 is 2.06 bits per heavy atom. The maximum Gasteiger partial charge on any atom is 0.232 e. The minimum absolute atomic E-state index is 0.443. The van der Waals surface area contributed by atoms with Crippen molar-refractivity contribution in [2.75, 3.05) is 25.5 Å². The molecule has 3 aromatic rings. The maximum absolute atomic E-state index is 5.19. The van der Waals surface area contributed by atoms with E-state index in [4.69, 9.17) is 9.97 Å². The third kappa shape index (κ3) is 4.47. The topological polar surface area (TPSA) is 37.2 Å². The van der Waals surface area contributed by atoms with E-state index < -0.39 is 0 Å². The molecule has 1 aromatic carbocycles. The molecule has 168 valence electrons. The second-order valence-corrected chi connectivity index (χ2v) is 9.07. The summed E-state index contributed by atoms with van der Waals surface area (Å²) >= 11 is 0. The van der Waals surface area contributed by atoms with Crippen molar-refractivity contribution in [3.05, 3.63) is 46.3 Å². The van der Waals surface area contributed by atoms with Crippen LogP contribution in [0.25, 0.3) is 11.0 Å². The fourth-order valence-corrected chi connectivity index (χ4v) is 4.94. The van der Waals surface area contributed by atoms with Crippen LogP contribution in [0, 0.1) is 27.7 Å². The van der Waals surface area contributed by atoms with Crippen molar-refractivity contribution in [1.29, 1.82) is 0 Å². The number of rotatable bonds is 8. The van der Waals surface area contributed by atoms with E-state index in [0.717, 1.165) is 43.2 Å². The van der Waals surface area contributed by atoms with Crippen molar-refractivity contribution >= 4 is 22.7 Å². The van der Waals surface area contributed by atoms with E-state index in [1.807, 2.05) is 0 Å². The zero-order valence-electron chi connectivity index (χ0n) is 20.9. The highest BCUT2D eigenvalue weighted by Gasteiger charge is 2.22. The van der Waals surface area contributed by atoms with Gasteiger partial charge in [-0.1, -0.05) is 31.5 Å². The Hall–Kier alpha value is -2.40. The van der Waals surface area contributed by atoms with Gasteiger partial charge in [0.05, 0.1) is 5.69 Å². The molecular formula is C26H39N5. The highest BCUT2D eigenvalue weighted by atomic mass is 15.3. The Balaban J connectivity index is 2.26. The fraction of sp³-hybridized carbons (Fsp3) is 0.538. The summed E-state index contributed by atoms with van der Waals surface area (Å²) in [4.78, 5) is 14.7. The minimum Gasteiger partial charge on any atom is -0.329 e. The van der Waals surface area contributed by atoms with Gasteiger partial charge in [0.15, 0.2) is 0 Å². The first-order valence-electron chi connectivity index (χ1n) is 11.6. The van der Waals surface area contributed by atoms with Crippen LogP contribution in [0.2, 0.25) is 0 Å². The van der Waals surface area contributed by atoms with Crippen LogP contribution < -0.4 is 4.90 Å². The standard InChI is InChI=1S/C26H39N5/c1-10-22(11-2)31-16-21(15-29(8)9)23-20(7)27-26(28-25(23)31)30(12-3)24-18(5)13-17(4)14-19(24)6/h13-14,16,22H,10-12,15H2,1-9H3. The van der Waals surface area contributed by atoms with Crippen LogP contribution >= 0.6 is 0 Å². The van der Waals surface area contributed by atoms with Gasteiger partial charge in [-0.25, -0.2) is 4.98 Å². The number of benzene rings is 1. The first-order valence-corrected chi connectivity index (χ1v) is 11.6. The maximum atomic E-state index is 5.19. The summed E-state index contributed by atoms with van der Waals surface area (Å²) < 4.78 is 2.40.